The number of aromatic amines is 1. The fourth-order valence-corrected chi connectivity index (χ4v) is 1.13. The summed E-state index contributed by atoms with van der Waals surface area (Å²) in [5.41, 5.74) is 0. The van der Waals surface area contributed by atoms with Crippen LogP contribution in [-0.2, 0) is 0 Å². The molecule has 0 unspecified atom stereocenters. The zero-order chi connectivity index (χ0) is 10.5. The van der Waals surface area contributed by atoms with Gasteiger partial charge in [-0.2, -0.15) is 0 Å². The average Bonchev–Trinajstić information content (AvgIpc) is 3.05. The molecule has 1 fully saturated rings. The number of hydrogen-bond acceptors (Lipinski definition) is 3. The van der Waals surface area contributed by atoms with Crippen LogP contribution in [0.15, 0.2) is 45.6 Å². The topological polar surface area (TPSA) is 58.9 Å². The Hall–Kier alpha value is -1.84. The summed E-state index contributed by atoms with van der Waals surface area (Å²) in [6.45, 7) is 0. The Bertz CT molecular complexity index is 416. The van der Waals surface area contributed by atoms with Crippen LogP contribution >= 0.6 is 0 Å². The first-order valence-electron chi connectivity index (χ1n) is 4.91. The van der Waals surface area contributed by atoms with Crippen molar-refractivity contribution in [2.24, 2.45) is 0 Å². The van der Waals surface area contributed by atoms with E-state index in [1.807, 2.05) is 36.4 Å². The van der Waals surface area contributed by atoms with Crippen LogP contribution in [0.2, 0.25) is 0 Å². The lowest BCUT2D eigenvalue weighted by atomic mass is 10.4. The van der Waals surface area contributed by atoms with Gasteiger partial charge in [0.1, 0.15) is 0 Å². The van der Waals surface area contributed by atoms with Gasteiger partial charge in [-0.25, -0.2) is 9.89 Å². The molecule has 3 rings (SSSR count). The van der Waals surface area contributed by atoms with E-state index in [9.17, 15) is 4.79 Å². The summed E-state index contributed by atoms with van der Waals surface area (Å²) < 4.78 is 4.69. The Morgan fingerprint density at radius 2 is 1.67 bits per heavy atom. The average molecular weight is 204 g/mol. The predicted octanol–water partition coefficient (Wildman–Crippen LogP) is 1.93. The number of hydrogen-bond donors (Lipinski definition) is 1. The molecule has 1 heterocycles. The van der Waals surface area contributed by atoms with Crippen molar-refractivity contribution in [3.8, 4) is 0 Å². The van der Waals surface area contributed by atoms with Gasteiger partial charge in [0.2, 0.25) is 5.89 Å². The van der Waals surface area contributed by atoms with E-state index in [4.69, 9.17) is 0 Å². The molecule has 4 heteroatoms. The van der Waals surface area contributed by atoms with Crippen LogP contribution in [-0.4, -0.2) is 10.2 Å². The summed E-state index contributed by atoms with van der Waals surface area (Å²) >= 11 is 0. The molecule has 1 aliphatic carbocycles. The first kappa shape index (κ1) is 9.71. The van der Waals surface area contributed by atoms with Crippen LogP contribution in [0.1, 0.15) is 24.7 Å². The van der Waals surface area contributed by atoms with Crippen LogP contribution in [0.4, 0.5) is 0 Å². The molecule has 0 amide bonds. The Balaban J connectivity index is 0.000000124. The second kappa shape index (κ2) is 4.59. The molecular weight excluding hydrogens is 192 g/mol. The van der Waals surface area contributed by atoms with Gasteiger partial charge in [0.05, 0.1) is 0 Å². The highest BCUT2D eigenvalue weighted by Crippen LogP contribution is 2.37. The minimum absolute atomic E-state index is 0.420. The molecule has 78 valence electrons. The van der Waals surface area contributed by atoms with Crippen molar-refractivity contribution in [2.75, 3.05) is 0 Å². The van der Waals surface area contributed by atoms with Crippen LogP contribution in [0.3, 0.4) is 0 Å². The maximum atomic E-state index is 10.3. The van der Waals surface area contributed by atoms with Crippen LogP contribution < -0.4 is 5.76 Å². The molecule has 4 nitrogen and oxygen atoms in total. The first-order chi connectivity index (χ1) is 7.36. The van der Waals surface area contributed by atoms with Crippen molar-refractivity contribution in [1.82, 2.24) is 10.2 Å². The third-order valence-corrected chi connectivity index (χ3v) is 2.05. The Morgan fingerprint density at radius 3 is 2.00 bits per heavy atom. The van der Waals surface area contributed by atoms with Gasteiger partial charge in [-0.05, 0) is 12.8 Å². The number of nitrogens with one attached hydrogen (secondary N) is 1. The summed E-state index contributed by atoms with van der Waals surface area (Å²) in [6.07, 6.45) is 2.21. The minimum Gasteiger partial charge on any atom is -0.392 e. The van der Waals surface area contributed by atoms with Crippen LogP contribution in [0, 0.1) is 0 Å². The molecular formula is C11H12N2O2. The Kier molecular flexibility index (Phi) is 2.97. The second-order valence-electron chi connectivity index (χ2n) is 3.38. The molecule has 1 aromatic carbocycles. The van der Waals surface area contributed by atoms with Gasteiger partial charge in [0.15, 0.2) is 0 Å². The highest BCUT2D eigenvalue weighted by molar-refractivity contribution is 4.99. The fourth-order valence-electron chi connectivity index (χ4n) is 1.13. The van der Waals surface area contributed by atoms with Crippen LogP contribution in [0.25, 0.3) is 0 Å². The molecule has 0 aliphatic heterocycles. The first-order valence-corrected chi connectivity index (χ1v) is 4.91. The summed E-state index contributed by atoms with van der Waals surface area (Å²) in [5, 5.41) is 5.89. The molecule has 1 aliphatic rings. The largest absolute Gasteiger partial charge is 0.434 e. The fraction of sp³-hybridized carbons (Fsp3) is 0.273. The van der Waals surface area contributed by atoms with Gasteiger partial charge >= 0.3 is 5.76 Å². The minimum atomic E-state index is -0.447. The lowest BCUT2D eigenvalue weighted by molar-refractivity contribution is 0.464. The van der Waals surface area contributed by atoms with Crippen molar-refractivity contribution in [2.45, 2.75) is 18.8 Å². The van der Waals surface area contributed by atoms with Gasteiger partial charge in [0, 0.05) is 5.92 Å². The normalized spacial score (nSPS) is 14.1. The van der Waals surface area contributed by atoms with Gasteiger partial charge in [-0.15, -0.1) is 5.10 Å². The van der Waals surface area contributed by atoms with E-state index in [1.165, 1.54) is 0 Å². The van der Waals surface area contributed by atoms with Crippen molar-refractivity contribution in [1.29, 1.82) is 0 Å². The molecule has 1 N–H and O–H groups in total. The number of aromatic nitrogens is 2. The molecule has 1 saturated carbocycles. The molecule has 2 aromatic rings. The molecule has 15 heavy (non-hydrogen) atoms. The van der Waals surface area contributed by atoms with E-state index in [1.54, 1.807) is 0 Å². The van der Waals surface area contributed by atoms with Gasteiger partial charge in [-0.1, -0.05) is 36.4 Å². The van der Waals surface area contributed by atoms with E-state index in [0.717, 1.165) is 12.8 Å². The summed E-state index contributed by atoms with van der Waals surface area (Å²) in [4.78, 5) is 10.3. The Morgan fingerprint density at radius 1 is 1.13 bits per heavy atom. The lowest BCUT2D eigenvalue weighted by Crippen LogP contribution is -1.93. The van der Waals surface area contributed by atoms with E-state index >= 15 is 0 Å². The molecule has 0 radical (unpaired) electrons. The smallest absolute Gasteiger partial charge is 0.392 e. The van der Waals surface area contributed by atoms with E-state index in [0.29, 0.717) is 11.8 Å². The number of benzene rings is 1. The molecule has 0 atom stereocenters. The quantitative estimate of drug-likeness (QED) is 0.772. The van der Waals surface area contributed by atoms with Crippen molar-refractivity contribution in [3.05, 3.63) is 52.8 Å². The van der Waals surface area contributed by atoms with E-state index in [2.05, 4.69) is 14.6 Å². The van der Waals surface area contributed by atoms with Crippen LogP contribution in [0.5, 0.6) is 0 Å². The maximum Gasteiger partial charge on any atom is 0.434 e. The molecule has 0 saturated heterocycles. The third kappa shape index (κ3) is 3.09. The highest BCUT2D eigenvalue weighted by Gasteiger charge is 2.28. The predicted molar refractivity (Wildman–Crippen MR) is 55.5 cm³/mol. The van der Waals surface area contributed by atoms with Gasteiger partial charge in [-0.3, -0.25) is 0 Å². The summed E-state index contributed by atoms with van der Waals surface area (Å²) in [5.74, 6) is 0.542. The second-order valence-corrected chi connectivity index (χ2v) is 3.38. The van der Waals surface area contributed by atoms with Crippen molar-refractivity contribution >= 4 is 0 Å². The van der Waals surface area contributed by atoms with Gasteiger partial charge < -0.3 is 4.42 Å². The standard InChI is InChI=1S/C6H6.C5H6N2O2/c1-2-4-6-5-3-1;8-5-7-6-4(9-5)3-1-2-3/h1-6H;3H,1-2H2,(H,7,8). The summed E-state index contributed by atoms with van der Waals surface area (Å²) in [7, 11) is 0. The number of nitrogens with zero attached hydrogens (tertiary/aromatic N) is 1. The third-order valence-electron chi connectivity index (χ3n) is 2.05. The zero-order valence-electron chi connectivity index (χ0n) is 8.22. The monoisotopic (exact) mass is 204 g/mol. The van der Waals surface area contributed by atoms with Crippen molar-refractivity contribution in [3.63, 3.8) is 0 Å². The SMILES string of the molecule is O=c1[nH]nc(C2CC2)o1.c1ccccc1. The molecule has 0 spiro atoms. The number of H-pyrrole nitrogens is 1. The zero-order valence-corrected chi connectivity index (χ0v) is 8.22. The van der Waals surface area contributed by atoms with Gasteiger partial charge in [0.25, 0.3) is 0 Å². The number of rotatable bonds is 1. The van der Waals surface area contributed by atoms with E-state index < -0.39 is 5.76 Å². The lowest BCUT2D eigenvalue weighted by Gasteiger charge is -1.78. The summed E-state index contributed by atoms with van der Waals surface area (Å²) in [6, 6.07) is 12.0. The maximum absolute atomic E-state index is 10.3. The molecule has 1 aromatic heterocycles. The highest BCUT2D eigenvalue weighted by atomic mass is 16.4. The molecule has 0 bridgehead atoms. The van der Waals surface area contributed by atoms with Crippen molar-refractivity contribution < 1.29 is 4.42 Å². The van der Waals surface area contributed by atoms with E-state index in [-0.39, 0.29) is 0 Å². The Labute approximate surface area is 86.9 Å².